The highest BCUT2D eigenvalue weighted by Crippen LogP contribution is 2.40. The Morgan fingerprint density at radius 1 is 0.765 bits per heavy atom. The molecule has 1 aliphatic rings. The second kappa shape index (κ2) is 9.31. The van der Waals surface area contributed by atoms with Crippen LogP contribution in [0.15, 0.2) is 66.4 Å². The van der Waals surface area contributed by atoms with E-state index in [1.165, 1.54) is 19.1 Å². The predicted octanol–water partition coefficient (Wildman–Crippen LogP) is 4.73. The quantitative estimate of drug-likeness (QED) is 0.516. The number of ether oxygens (including phenoxy) is 3. The van der Waals surface area contributed by atoms with E-state index in [9.17, 15) is 9.59 Å². The Hall–Kier alpha value is -4.26. The Bertz CT molecular complexity index is 1310. The molecule has 0 saturated carbocycles. The second-order valence-corrected chi connectivity index (χ2v) is 7.88. The van der Waals surface area contributed by atoms with Crippen molar-refractivity contribution >= 4 is 28.8 Å². The van der Waals surface area contributed by atoms with Crippen molar-refractivity contribution in [2.45, 2.75) is 13.8 Å². The van der Waals surface area contributed by atoms with Gasteiger partial charge in [-0.3, -0.25) is 9.59 Å². The molecular formula is C27H26N2O5. The van der Waals surface area contributed by atoms with Gasteiger partial charge in [0.2, 0.25) is 0 Å². The van der Waals surface area contributed by atoms with Crippen molar-refractivity contribution < 1.29 is 23.8 Å². The summed E-state index contributed by atoms with van der Waals surface area (Å²) in [7, 11) is 4.62. The number of anilines is 2. The molecule has 7 nitrogen and oxygen atoms in total. The van der Waals surface area contributed by atoms with Gasteiger partial charge in [-0.2, -0.15) is 0 Å². The van der Waals surface area contributed by atoms with Crippen LogP contribution in [0.5, 0.6) is 17.2 Å². The third-order valence-electron chi connectivity index (χ3n) is 5.72. The number of benzene rings is 3. The minimum Gasteiger partial charge on any atom is -0.497 e. The number of methoxy groups -OCH3 is 3. The van der Waals surface area contributed by atoms with Gasteiger partial charge in [-0.1, -0.05) is 35.9 Å². The number of imide groups is 1. The van der Waals surface area contributed by atoms with Gasteiger partial charge in [0.15, 0.2) is 0 Å². The summed E-state index contributed by atoms with van der Waals surface area (Å²) in [6, 6.07) is 17.9. The number of carbonyl (C=O) groups is 2. The molecule has 1 heterocycles. The molecule has 174 valence electrons. The molecule has 0 saturated heterocycles. The number of carbonyl (C=O) groups excluding carboxylic acids is 2. The molecule has 0 aliphatic carbocycles. The summed E-state index contributed by atoms with van der Waals surface area (Å²) in [5.41, 5.74) is 3.80. The topological polar surface area (TPSA) is 77.1 Å². The molecule has 0 radical (unpaired) electrons. The largest absolute Gasteiger partial charge is 0.497 e. The van der Waals surface area contributed by atoms with E-state index in [-0.39, 0.29) is 11.3 Å². The SMILES string of the molecule is COc1ccc(NC2=C(c3ccccc3OC)C(=O)N(c3ccc(C)cc3C)C2=O)c(OC)c1. The smallest absolute Gasteiger partial charge is 0.282 e. The van der Waals surface area contributed by atoms with E-state index < -0.39 is 11.8 Å². The Morgan fingerprint density at radius 2 is 1.50 bits per heavy atom. The van der Waals surface area contributed by atoms with Crippen molar-refractivity contribution in [3.63, 3.8) is 0 Å². The van der Waals surface area contributed by atoms with Gasteiger partial charge in [-0.15, -0.1) is 0 Å². The lowest BCUT2D eigenvalue weighted by Gasteiger charge is -2.18. The van der Waals surface area contributed by atoms with Crippen LogP contribution in [0.3, 0.4) is 0 Å². The summed E-state index contributed by atoms with van der Waals surface area (Å²) in [5, 5.41) is 3.15. The molecular weight excluding hydrogens is 432 g/mol. The lowest BCUT2D eigenvalue weighted by atomic mass is 10.0. The monoisotopic (exact) mass is 458 g/mol. The van der Waals surface area contributed by atoms with E-state index in [0.717, 1.165) is 11.1 Å². The van der Waals surface area contributed by atoms with Gasteiger partial charge in [0.1, 0.15) is 22.9 Å². The van der Waals surface area contributed by atoms with Crippen LogP contribution in [0, 0.1) is 13.8 Å². The number of rotatable bonds is 7. The molecule has 0 unspecified atom stereocenters. The van der Waals surface area contributed by atoms with E-state index in [1.54, 1.807) is 49.6 Å². The molecule has 7 heteroatoms. The summed E-state index contributed by atoms with van der Waals surface area (Å²) in [6.07, 6.45) is 0. The zero-order chi connectivity index (χ0) is 24.4. The van der Waals surface area contributed by atoms with Crippen molar-refractivity contribution in [2.24, 2.45) is 0 Å². The lowest BCUT2D eigenvalue weighted by Crippen LogP contribution is -2.33. The van der Waals surface area contributed by atoms with E-state index in [0.29, 0.717) is 34.2 Å². The van der Waals surface area contributed by atoms with E-state index in [2.05, 4.69) is 5.32 Å². The highest BCUT2D eigenvalue weighted by molar-refractivity contribution is 6.46. The zero-order valence-electron chi connectivity index (χ0n) is 19.8. The number of hydrogen-bond donors (Lipinski definition) is 1. The molecule has 0 atom stereocenters. The van der Waals surface area contributed by atoms with Gasteiger partial charge in [0.05, 0.1) is 38.3 Å². The molecule has 3 aromatic rings. The van der Waals surface area contributed by atoms with Crippen LogP contribution in [0.4, 0.5) is 11.4 Å². The zero-order valence-corrected chi connectivity index (χ0v) is 19.8. The maximum Gasteiger partial charge on any atom is 0.282 e. The van der Waals surface area contributed by atoms with Gasteiger partial charge in [-0.25, -0.2) is 4.90 Å². The van der Waals surface area contributed by atoms with Crippen LogP contribution < -0.4 is 24.4 Å². The molecule has 0 fully saturated rings. The fourth-order valence-corrected chi connectivity index (χ4v) is 4.06. The number of para-hydroxylation sites is 1. The number of nitrogens with zero attached hydrogens (tertiary/aromatic N) is 1. The molecule has 1 aliphatic heterocycles. The summed E-state index contributed by atoms with van der Waals surface area (Å²) in [5.74, 6) is 0.665. The van der Waals surface area contributed by atoms with Crippen LogP contribution in [0.2, 0.25) is 0 Å². The maximum atomic E-state index is 13.8. The molecule has 0 spiro atoms. The Balaban J connectivity index is 1.89. The molecule has 3 aromatic carbocycles. The van der Waals surface area contributed by atoms with Gasteiger partial charge < -0.3 is 19.5 Å². The van der Waals surface area contributed by atoms with Gasteiger partial charge >= 0.3 is 0 Å². The predicted molar refractivity (Wildman–Crippen MR) is 131 cm³/mol. The fourth-order valence-electron chi connectivity index (χ4n) is 4.06. The molecule has 1 N–H and O–H groups in total. The van der Waals surface area contributed by atoms with Crippen LogP contribution in [0.25, 0.3) is 5.57 Å². The molecule has 0 aromatic heterocycles. The maximum absolute atomic E-state index is 13.8. The number of amides is 2. The van der Waals surface area contributed by atoms with Crippen LogP contribution in [-0.2, 0) is 9.59 Å². The second-order valence-electron chi connectivity index (χ2n) is 7.88. The van der Waals surface area contributed by atoms with Crippen LogP contribution in [0.1, 0.15) is 16.7 Å². The Morgan fingerprint density at radius 3 is 2.18 bits per heavy atom. The summed E-state index contributed by atoms with van der Waals surface area (Å²) in [6.45, 7) is 3.84. The summed E-state index contributed by atoms with van der Waals surface area (Å²) in [4.78, 5) is 28.7. The standard InChI is InChI=1S/C27H26N2O5/c1-16-10-13-21(17(2)14-16)29-26(30)24(19-8-6-7-9-22(19)33-4)25(27(29)31)28-20-12-11-18(32-3)15-23(20)34-5/h6-15,28H,1-5H3. The lowest BCUT2D eigenvalue weighted by molar-refractivity contribution is -0.120. The number of nitrogens with one attached hydrogen (secondary N) is 1. The normalized spacial score (nSPS) is 13.4. The van der Waals surface area contributed by atoms with Crippen molar-refractivity contribution in [2.75, 3.05) is 31.5 Å². The molecule has 2 amide bonds. The summed E-state index contributed by atoms with van der Waals surface area (Å²) >= 11 is 0. The van der Waals surface area contributed by atoms with Crippen molar-refractivity contribution in [1.29, 1.82) is 0 Å². The van der Waals surface area contributed by atoms with Gasteiger partial charge in [0.25, 0.3) is 11.8 Å². The highest BCUT2D eigenvalue weighted by Gasteiger charge is 2.42. The van der Waals surface area contributed by atoms with Crippen LogP contribution >= 0.6 is 0 Å². The highest BCUT2D eigenvalue weighted by atomic mass is 16.5. The third-order valence-corrected chi connectivity index (χ3v) is 5.72. The minimum atomic E-state index is -0.462. The van der Waals surface area contributed by atoms with Gasteiger partial charge in [-0.05, 0) is 43.7 Å². The van der Waals surface area contributed by atoms with Crippen molar-refractivity contribution in [1.82, 2.24) is 0 Å². The molecule has 0 bridgehead atoms. The number of aryl methyl sites for hydroxylation is 2. The van der Waals surface area contributed by atoms with Crippen molar-refractivity contribution in [3.8, 4) is 17.2 Å². The first kappa shape index (κ1) is 22.9. The average molecular weight is 459 g/mol. The Labute approximate surface area is 198 Å². The van der Waals surface area contributed by atoms with E-state index >= 15 is 0 Å². The molecule has 4 rings (SSSR count). The van der Waals surface area contributed by atoms with Gasteiger partial charge in [0, 0.05) is 11.6 Å². The summed E-state index contributed by atoms with van der Waals surface area (Å²) < 4.78 is 16.3. The average Bonchev–Trinajstić information content (AvgIpc) is 3.08. The fraction of sp³-hybridized carbons (Fsp3) is 0.185. The van der Waals surface area contributed by atoms with E-state index in [4.69, 9.17) is 14.2 Å². The van der Waals surface area contributed by atoms with Crippen LogP contribution in [-0.4, -0.2) is 33.1 Å². The first-order valence-electron chi connectivity index (χ1n) is 10.7. The third kappa shape index (κ3) is 3.96. The minimum absolute atomic E-state index is 0.137. The number of hydrogen-bond acceptors (Lipinski definition) is 6. The Kier molecular flexibility index (Phi) is 6.27. The first-order chi connectivity index (χ1) is 16.4. The van der Waals surface area contributed by atoms with E-state index in [1.807, 2.05) is 32.0 Å². The first-order valence-corrected chi connectivity index (χ1v) is 10.7. The van der Waals surface area contributed by atoms with Crippen molar-refractivity contribution in [3.05, 3.63) is 83.1 Å². The molecule has 34 heavy (non-hydrogen) atoms.